The van der Waals surface area contributed by atoms with Gasteiger partial charge in [0, 0.05) is 13.1 Å². The molecule has 3 rings (SSSR count). The number of alkyl halides is 1. The van der Waals surface area contributed by atoms with Crippen molar-refractivity contribution in [2.45, 2.75) is 30.9 Å². The van der Waals surface area contributed by atoms with Gasteiger partial charge in [-0.05, 0) is 12.8 Å². The van der Waals surface area contributed by atoms with Crippen molar-refractivity contribution < 1.29 is 4.74 Å². The highest BCUT2D eigenvalue weighted by molar-refractivity contribution is 6.16. The maximum atomic E-state index is 5.78. The summed E-state index contributed by atoms with van der Waals surface area (Å²) in [7, 11) is 0. The largest absolute Gasteiger partial charge is 0.371 e. The minimum atomic E-state index is 0.383. The molecular formula is C11H14ClN3O. The Hall–Kier alpha value is -0.870. The molecule has 0 amide bonds. The second-order valence-corrected chi connectivity index (χ2v) is 4.63. The van der Waals surface area contributed by atoms with Crippen molar-refractivity contribution in [3.63, 3.8) is 0 Å². The first-order valence-corrected chi connectivity index (χ1v) is 6.16. The number of morpholine rings is 1. The third-order valence-electron chi connectivity index (χ3n) is 3.20. The van der Waals surface area contributed by atoms with Crippen LogP contribution in [0, 0.1) is 0 Å². The second-order valence-electron chi connectivity index (χ2n) is 4.36. The number of fused-ring (bicyclic) bond motifs is 2. The van der Waals surface area contributed by atoms with Crippen LogP contribution in [0.25, 0.3) is 0 Å². The van der Waals surface area contributed by atoms with Gasteiger partial charge < -0.3 is 9.64 Å². The van der Waals surface area contributed by atoms with Gasteiger partial charge in [-0.1, -0.05) is 0 Å². The van der Waals surface area contributed by atoms with Crippen molar-refractivity contribution >= 4 is 17.4 Å². The van der Waals surface area contributed by atoms with Gasteiger partial charge in [0.05, 0.1) is 36.2 Å². The van der Waals surface area contributed by atoms with Gasteiger partial charge in [-0.2, -0.15) is 0 Å². The van der Waals surface area contributed by atoms with E-state index in [2.05, 4.69) is 14.9 Å². The molecule has 0 aliphatic carbocycles. The van der Waals surface area contributed by atoms with E-state index in [1.165, 1.54) is 12.8 Å². The molecule has 2 aliphatic heterocycles. The summed E-state index contributed by atoms with van der Waals surface area (Å²) >= 11 is 5.69. The van der Waals surface area contributed by atoms with Crippen LogP contribution in [0.3, 0.4) is 0 Å². The fraction of sp³-hybridized carbons (Fsp3) is 0.636. The van der Waals surface area contributed by atoms with Crippen LogP contribution in [0.5, 0.6) is 0 Å². The second kappa shape index (κ2) is 4.18. The zero-order chi connectivity index (χ0) is 11.0. The molecule has 2 saturated heterocycles. The van der Waals surface area contributed by atoms with E-state index in [1.807, 2.05) is 6.20 Å². The molecule has 16 heavy (non-hydrogen) atoms. The van der Waals surface area contributed by atoms with Crippen LogP contribution in [0.15, 0.2) is 12.4 Å². The SMILES string of the molecule is ClCc1cnc(N2CC3CCC(C2)O3)cn1. The Kier molecular flexibility index (Phi) is 2.69. The van der Waals surface area contributed by atoms with Gasteiger partial charge in [0.15, 0.2) is 0 Å². The molecule has 5 heteroatoms. The topological polar surface area (TPSA) is 38.2 Å². The standard InChI is InChI=1S/C11H14ClN3O/c12-3-8-4-14-11(5-13-8)15-6-9-1-2-10(7-15)16-9/h4-5,9-10H,1-3,6-7H2. The third-order valence-corrected chi connectivity index (χ3v) is 3.47. The molecule has 4 nitrogen and oxygen atoms in total. The maximum absolute atomic E-state index is 5.78. The fourth-order valence-electron chi connectivity index (χ4n) is 2.38. The fourth-order valence-corrected chi connectivity index (χ4v) is 2.52. The first-order valence-electron chi connectivity index (χ1n) is 5.62. The zero-order valence-corrected chi connectivity index (χ0v) is 9.73. The Morgan fingerprint density at radius 3 is 2.56 bits per heavy atom. The Morgan fingerprint density at radius 2 is 2.00 bits per heavy atom. The molecule has 1 aromatic heterocycles. The highest BCUT2D eigenvalue weighted by Gasteiger charge is 2.34. The number of anilines is 1. The molecule has 0 aromatic carbocycles. The van der Waals surface area contributed by atoms with E-state index >= 15 is 0 Å². The lowest BCUT2D eigenvalue weighted by molar-refractivity contribution is 0.0302. The highest BCUT2D eigenvalue weighted by atomic mass is 35.5. The lowest BCUT2D eigenvalue weighted by Crippen LogP contribution is -2.43. The molecule has 0 radical (unpaired) electrons. The van der Waals surface area contributed by atoms with Crippen LogP contribution in [0.4, 0.5) is 5.82 Å². The number of halogens is 1. The number of aromatic nitrogens is 2. The summed E-state index contributed by atoms with van der Waals surface area (Å²) in [4.78, 5) is 10.9. The summed E-state index contributed by atoms with van der Waals surface area (Å²) in [6.45, 7) is 1.87. The number of hydrogen-bond acceptors (Lipinski definition) is 4. The van der Waals surface area contributed by atoms with Crippen LogP contribution in [0.1, 0.15) is 18.5 Å². The monoisotopic (exact) mass is 239 g/mol. The molecule has 0 N–H and O–H groups in total. The van der Waals surface area contributed by atoms with Crippen molar-refractivity contribution in [1.82, 2.24) is 9.97 Å². The van der Waals surface area contributed by atoms with Gasteiger partial charge >= 0.3 is 0 Å². The van der Waals surface area contributed by atoms with E-state index in [9.17, 15) is 0 Å². The summed E-state index contributed by atoms with van der Waals surface area (Å²) < 4.78 is 5.78. The van der Waals surface area contributed by atoms with Crippen molar-refractivity contribution in [1.29, 1.82) is 0 Å². The first-order chi connectivity index (χ1) is 7.85. The number of ether oxygens (including phenoxy) is 1. The van der Waals surface area contributed by atoms with Crippen molar-refractivity contribution in [3.05, 3.63) is 18.1 Å². The molecule has 0 saturated carbocycles. The quantitative estimate of drug-likeness (QED) is 0.735. The smallest absolute Gasteiger partial charge is 0.147 e. The molecule has 2 fully saturated rings. The van der Waals surface area contributed by atoms with Gasteiger partial charge in [-0.25, -0.2) is 4.98 Å². The predicted molar refractivity (Wildman–Crippen MR) is 61.7 cm³/mol. The number of hydrogen-bond donors (Lipinski definition) is 0. The predicted octanol–water partition coefficient (Wildman–Crippen LogP) is 1.58. The Labute approximate surface area is 99.6 Å². The van der Waals surface area contributed by atoms with Crippen molar-refractivity contribution in [3.8, 4) is 0 Å². The van der Waals surface area contributed by atoms with E-state index in [0.717, 1.165) is 24.6 Å². The summed E-state index contributed by atoms with van der Waals surface area (Å²) in [5.74, 6) is 1.36. The van der Waals surface area contributed by atoms with Gasteiger partial charge in [0.2, 0.25) is 0 Å². The highest BCUT2D eigenvalue weighted by Crippen LogP contribution is 2.28. The minimum Gasteiger partial charge on any atom is -0.371 e. The molecule has 3 heterocycles. The Morgan fingerprint density at radius 1 is 1.25 bits per heavy atom. The molecular weight excluding hydrogens is 226 g/mol. The van der Waals surface area contributed by atoms with Crippen LogP contribution in [-0.2, 0) is 10.6 Å². The van der Waals surface area contributed by atoms with Crippen LogP contribution < -0.4 is 4.90 Å². The maximum Gasteiger partial charge on any atom is 0.147 e. The Bertz CT molecular complexity index is 358. The zero-order valence-electron chi connectivity index (χ0n) is 8.97. The van der Waals surface area contributed by atoms with Crippen molar-refractivity contribution in [2.24, 2.45) is 0 Å². The molecule has 2 atom stereocenters. The van der Waals surface area contributed by atoms with Crippen LogP contribution in [0.2, 0.25) is 0 Å². The molecule has 2 bridgehead atoms. The average Bonchev–Trinajstić information content (AvgIpc) is 2.68. The first kappa shape index (κ1) is 10.3. The molecule has 2 aliphatic rings. The normalized spacial score (nSPS) is 28.4. The number of nitrogens with zero attached hydrogens (tertiary/aromatic N) is 3. The summed E-state index contributed by atoms with van der Waals surface area (Å²) in [6, 6.07) is 0. The van der Waals surface area contributed by atoms with Crippen LogP contribution >= 0.6 is 11.6 Å². The van der Waals surface area contributed by atoms with Crippen LogP contribution in [-0.4, -0.2) is 35.3 Å². The van der Waals surface area contributed by atoms with E-state index in [4.69, 9.17) is 16.3 Å². The van der Waals surface area contributed by atoms with Gasteiger partial charge in [-0.3, -0.25) is 4.98 Å². The van der Waals surface area contributed by atoms with Crippen molar-refractivity contribution in [2.75, 3.05) is 18.0 Å². The van der Waals surface area contributed by atoms with E-state index in [0.29, 0.717) is 18.1 Å². The van der Waals surface area contributed by atoms with E-state index < -0.39 is 0 Å². The minimum absolute atomic E-state index is 0.383. The van der Waals surface area contributed by atoms with E-state index in [-0.39, 0.29) is 0 Å². The third kappa shape index (κ3) is 1.87. The molecule has 1 aromatic rings. The molecule has 2 unspecified atom stereocenters. The Balaban J connectivity index is 1.76. The van der Waals surface area contributed by atoms with E-state index in [1.54, 1.807) is 6.20 Å². The van der Waals surface area contributed by atoms with Gasteiger partial charge in [0.25, 0.3) is 0 Å². The summed E-state index contributed by atoms with van der Waals surface area (Å²) in [5.41, 5.74) is 0.821. The summed E-state index contributed by atoms with van der Waals surface area (Å²) in [6.07, 6.45) is 6.67. The van der Waals surface area contributed by atoms with Gasteiger partial charge in [-0.15, -0.1) is 11.6 Å². The van der Waals surface area contributed by atoms with Gasteiger partial charge in [0.1, 0.15) is 5.82 Å². The number of rotatable bonds is 2. The lowest BCUT2D eigenvalue weighted by atomic mass is 10.2. The molecule has 0 spiro atoms. The molecule has 86 valence electrons. The summed E-state index contributed by atoms with van der Waals surface area (Å²) in [5, 5.41) is 0. The lowest BCUT2D eigenvalue weighted by Gasteiger charge is -2.32. The average molecular weight is 240 g/mol.